The van der Waals surface area contributed by atoms with Crippen molar-refractivity contribution in [3.05, 3.63) is 29.8 Å². The lowest BCUT2D eigenvalue weighted by atomic mass is 10.2. The molecule has 1 aromatic rings. The second kappa shape index (κ2) is 7.90. The summed E-state index contributed by atoms with van der Waals surface area (Å²) in [6, 6.07) is 7.75. The van der Waals surface area contributed by atoms with Crippen molar-refractivity contribution in [3.8, 4) is 5.75 Å². The molecule has 5 N–H and O–H groups in total. The van der Waals surface area contributed by atoms with Crippen molar-refractivity contribution in [1.29, 1.82) is 0 Å². The second-order valence-corrected chi connectivity index (χ2v) is 6.12. The molecule has 0 spiro atoms. The summed E-state index contributed by atoms with van der Waals surface area (Å²) in [5, 5.41) is 26.2. The number of hydrogen-bond acceptors (Lipinski definition) is 5. The Hall–Kier alpha value is -1.41. The fourth-order valence-electron chi connectivity index (χ4n) is 1.43. The molecule has 0 unspecified atom stereocenters. The number of rotatable bonds is 7. The van der Waals surface area contributed by atoms with Crippen LogP contribution in [-0.2, 0) is 10.8 Å². The summed E-state index contributed by atoms with van der Waals surface area (Å²) >= 11 is 0. The highest BCUT2D eigenvalue weighted by atomic mass is 28.3. The van der Waals surface area contributed by atoms with E-state index in [0.717, 1.165) is 5.56 Å². The molecule has 0 aliphatic rings. The maximum atomic E-state index is 10.6. The van der Waals surface area contributed by atoms with E-state index in [9.17, 15) is 4.79 Å². The van der Waals surface area contributed by atoms with Gasteiger partial charge in [-0.15, -0.1) is 0 Å². The average Bonchev–Trinajstić information content (AvgIpc) is 2.36. The smallest absolute Gasteiger partial charge is 0.216 e. The van der Waals surface area contributed by atoms with Gasteiger partial charge < -0.3 is 25.7 Å². The molecule has 7 heteroatoms. The molecule has 1 amide bonds. The van der Waals surface area contributed by atoms with E-state index in [-0.39, 0.29) is 5.91 Å². The summed E-state index contributed by atoms with van der Waals surface area (Å²) < 4.78 is 5.43. The van der Waals surface area contributed by atoms with Crippen LogP contribution in [0, 0.1) is 0 Å². The Balaban J connectivity index is 2.37. The summed E-state index contributed by atoms with van der Waals surface area (Å²) in [5.41, 5.74) is 0.943. The van der Waals surface area contributed by atoms with E-state index in [1.807, 2.05) is 12.1 Å². The van der Waals surface area contributed by atoms with Gasteiger partial charge in [0.05, 0.1) is 6.54 Å². The number of aliphatic hydroxyl groups is 2. The topological polar surface area (TPSA) is 105 Å². The molecule has 0 bridgehead atoms. The van der Waals surface area contributed by atoms with E-state index >= 15 is 0 Å². The van der Waals surface area contributed by atoms with Gasteiger partial charge in [0.25, 0.3) is 0 Å². The van der Waals surface area contributed by atoms with Gasteiger partial charge in [0.15, 0.2) is 0 Å². The third-order valence-corrected chi connectivity index (χ3v) is 3.89. The fraction of sp³-hybridized carbons (Fsp3) is 0.417. The van der Waals surface area contributed by atoms with Gasteiger partial charge in [-0.3, -0.25) is 4.79 Å². The number of amides is 1. The highest BCUT2D eigenvalue weighted by Gasteiger charge is 2.15. The lowest BCUT2D eigenvalue weighted by Crippen LogP contribution is -2.42. The molecule has 0 saturated heterocycles. The first-order valence-corrected chi connectivity index (χ1v) is 7.78. The van der Waals surface area contributed by atoms with Crippen molar-refractivity contribution in [3.63, 3.8) is 0 Å². The molecule has 1 radical (unpaired) electrons. The monoisotopic (exact) mass is 283 g/mol. The van der Waals surface area contributed by atoms with Crippen molar-refractivity contribution in [2.45, 2.75) is 18.9 Å². The molecular formula is C12H19N2O4Si. The third kappa shape index (κ3) is 6.34. The number of carbonyl (C=O) groups is 1. The molecular weight excluding hydrogens is 264 g/mol. The number of aliphatic hydroxyl groups excluding tert-OH is 1. The molecule has 0 atom stereocenters. The highest BCUT2D eigenvalue weighted by molar-refractivity contribution is 6.55. The molecule has 1 rings (SSSR count). The zero-order valence-electron chi connectivity index (χ0n) is 10.8. The summed E-state index contributed by atoms with van der Waals surface area (Å²) in [4.78, 5) is 10.6. The van der Waals surface area contributed by atoms with Gasteiger partial charge in [-0.2, -0.15) is 0 Å². The first-order valence-electron chi connectivity index (χ1n) is 5.92. The van der Waals surface area contributed by atoms with Crippen LogP contribution in [0.25, 0.3) is 0 Å². The number of nitrogens with one attached hydrogen (secondary N) is 1. The number of hydrogen-bond donors (Lipinski definition) is 4. The molecule has 0 aliphatic heterocycles. The van der Waals surface area contributed by atoms with E-state index in [0.29, 0.717) is 24.9 Å². The molecule has 19 heavy (non-hydrogen) atoms. The quantitative estimate of drug-likeness (QED) is 0.294. The van der Waals surface area contributed by atoms with Crippen molar-refractivity contribution in [2.24, 2.45) is 5.40 Å². The minimum atomic E-state index is -1.68. The van der Waals surface area contributed by atoms with Crippen LogP contribution >= 0.6 is 0 Å². The minimum Gasteiger partial charge on any atom is -0.492 e. The Morgan fingerprint density at radius 3 is 2.58 bits per heavy atom. The molecule has 0 fully saturated rings. The number of benzene rings is 1. The highest BCUT2D eigenvalue weighted by Crippen LogP contribution is 2.12. The molecule has 1 aromatic carbocycles. The Morgan fingerprint density at radius 1 is 1.42 bits per heavy atom. The van der Waals surface area contributed by atoms with Crippen LogP contribution < -0.4 is 15.5 Å². The summed E-state index contributed by atoms with van der Waals surface area (Å²) in [7, 11) is -1.68. The van der Waals surface area contributed by atoms with Gasteiger partial charge in [-0.1, -0.05) is 12.1 Å². The zero-order valence-corrected chi connectivity index (χ0v) is 11.8. The van der Waals surface area contributed by atoms with Crippen LogP contribution in [0.3, 0.4) is 0 Å². The average molecular weight is 283 g/mol. The van der Waals surface area contributed by atoms with Gasteiger partial charge >= 0.3 is 0 Å². The van der Waals surface area contributed by atoms with Gasteiger partial charge in [-0.25, -0.2) is 0 Å². The van der Waals surface area contributed by atoms with Crippen LogP contribution in [0.2, 0.25) is 0 Å². The van der Waals surface area contributed by atoms with Crippen LogP contribution in [-0.4, -0.2) is 44.1 Å². The standard InChI is InChI=1S/C12H19N2O4Si/c1-9(15)14-6-7-18-11-4-2-10(3-5-11)8-19(13)12(16)17/h2-5,12,16-17H,6-8,13H2,1H3,(H,14,15). The maximum Gasteiger partial charge on any atom is 0.216 e. The molecule has 0 saturated carbocycles. The van der Waals surface area contributed by atoms with E-state index in [1.54, 1.807) is 12.1 Å². The molecule has 0 aromatic heterocycles. The van der Waals surface area contributed by atoms with Crippen LogP contribution in [0.15, 0.2) is 24.3 Å². The fourth-order valence-corrected chi connectivity index (χ4v) is 2.32. The predicted octanol–water partition coefficient (Wildman–Crippen LogP) is -0.917. The number of ether oxygens (including phenoxy) is 1. The van der Waals surface area contributed by atoms with Crippen LogP contribution in [0.1, 0.15) is 12.5 Å². The second-order valence-electron chi connectivity index (χ2n) is 4.10. The maximum absolute atomic E-state index is 10.6. The van der Waals surface area contributed by atoms with Crippen molar-refractivity contribution < 1.29 is 19.7 Å². The number of nitrogens with two attached hydrogens (primary N) is 1. The van der Waals surface area contributed by atoms with Crippen molar-refractivity contribution in [1.82, 2.24) is 5.32 Å². The Morgan fingerprint density at radius 2 is 2.05 bits per heavy atom. The van der Waals surface area contributed by atoms with Crippen molar-refractivity contribution >= 4 is 14.9 Å². The molecule has 0 aliphatic carbocycles. The van der Waals surface area contributed by atoms with Crippen LogP contribution in [0.5, 0.6) is 5.75 Å². The summed E-state index contributed by atoms with van der Waals surface area (Å²) in [6.07, 6.45) is 0. The van der Waals surface area contributed by atoms with E-state index in [2.05, 4.69) is 5.32 Å². The van der Waals surface area contributed by atoms with Gasteiger partial charge in [-0.05, 0) is 23.7 Å². The lowest BCUT2D eigenvalue weighted by Gasteiger charge is -2.11. The van der Waals surface area contributed by atoms with E-state index < -0.39 is 14.9 Å². The number of carbonyl (C=O) groups excluding carboxylic acids is 1. The minimum absolute atomic E-state index is 0.0841. The first kappa shape index (κ1) is 15.6. The first-order chi connectivity index (χ1) is 8.99. The zero-order chi connectivity index (χ0) is 14.3. The van der Waals surface area contributed by atoms with Crippen molar-refractivity contribution in [2.75, 3.05) is 13.2 Å². The third-order valence-electron chi connectivity index (χ3n) is 2.41. The normalized spacial score (nSPS) is 10.8. The summed E-state index contributed by atoms with van der Waals surface area (Å²) in [6.45, 7) is 2.32. The SMILES string of the molecule is CC(=O)NCCOc1ccc(C[Si](N)C(O)O)cc1. The molecule has 6 nitrogen and oxygen atoms in total. The van der Waals surface area contributed by atoms with Gasteiger partial charge in [0, 0.05) is 6.92 Å². The predicted molar refractivity (Wildman–Crippen MR) is 72.5 cm³/mol. The Kier molecular flexibility index (Phi) is 6.50. The lowest BCUT2D eigenvalue weighted by molar-refractivity contribution is -0.119. The largest absolute Gasteiger partial charge is 0.492 e. The molecule has 105 valence electrons. The Bertz CT molecular complexity index is 397. The summed E-state index contributed by atoms with van der Waals surface area (Å²) in [5.74, 6) is -0.804. The van der Waals surface area contributed by atoms with Crippen LogP contribution in [0.4, 0.5) is 0 Å². The Labute approximate surface area is 113 Å². The van der Waals surface area contributed by atoms with E-state index in [4.69, 9.17) is 20.3 Å². The van der Waals surface area contributed by atoms with Gasteiger partial charge in [0.2, 0.25) is 14.9 Å². The van der Waals surface area contributed by atoms with E-state index in [1.165, 1.54) is 6.92 Å². The molecule has 0 heterocycles. The van der Waals surface area contributed by atoms with Gasteiger partial charge in [0.1, 0.15) is 18.3 Å².